The molecule has 9 heavy (non-hydrogen) atoms. The first-order valence-electron chi connectivity index (χ1n) is 3.37. The van der Waals surface area contributed by atoms with Crippen molar-refractivity contribution in [2.45, 2.75) is 26.2 Å². The molecule has 0 saturated carbocycles. The molecule has 0 aromatic heterocycles. The molecule has 0 N–H and O–H groups in total. The summed E-state index contributed by atoms with van der Waals surface area (Å²) in [5.74, 6) is 0. The fourth-order valence-corrected chi connectivity index (χ4v) is 2.97. The summed E-state index contributed by atoms with van der Waals surface area (Å²) in [6, 6.07) is 0. The van der Waals surface area contributed by atoms with Crippen LogP contribution in [0.1, 0.15) is 26.2 Å². The summed E-state index contributed by atoms with van der Waals surface area (Å²) in [5, 5.41) is 3.55. The number of hydrogen-bond donors (Lipinski definition) is 0. The number of unbranched alkanes of at least 4 members (excludes halogenated alkanes) is 1. The van der Waals surface area contributed by atoms with Crippen LogP contribution in [0.3, 0.4) is 0 Å². The van der Waals surface area contributed by atoms with Gasteiger partial charge in [-0.1, -0.05) is 13.3 Å². The molecule has 0 amide bonds. The Balaban J connectivity index is 2.11. The maximum atomic E-state index is 2.31. The molecule has 0 saturated heterocycles. The van der Waals surface area contributed by atoms with Crippen molar-refractivity contribution < 1.29 is 0 Å². The second kappa shape index (κ2) is 4.29. The van der Waals surface area contributed by atoms with Gasteiger partial charge in [0.2, 0.25) is 0 Å². The van der Waals surface area contributed by atoms with E-state index in [1.807, 2.05) is 23.5 Å². The second-order valence-corrected chi connectivity index (χ2v) is 4.44. The molecular weight excluding hydrogens is 148 g/mol. The van der Waals surface area contributed by atoms with Crippen molar-refractivity contribution in [3.8, 4) is 0 Å². The molecule has 0 aromatic rings. The highest BCUT2D eigenvalue weighted by molar-refractivity contribution is 8.22. The average molecular weight is 160 g/mol. The van der Waals surface area contributed by atoms with Gasteiger partial charge in [-0.3, -0.25) is 0 Å². The smallest absolute Gasteiger partial charge is 0.0478 e. The van der Waals surface area contributed by atoms with Crippen molar-refractivity contribution in [1.82, 2.24) is 0 Å². The lowest BCUT2D eigenvalue weighted by atomic mass is 10.2. The van der Waals surface area contributed by atoms with Crippen molar-refractivity contribution in [3.05, 3.63) is 10.3 Å². The fourth-order valence-electron chi connectivity index (χ4n) is 0.753. The summed E-state index contributed by atoms with van der Waals surface area (Å²) in [7, 11) is 0. The Labute approximate surface area is 65.5 Å². The topological polar surface area (TPSA) is 0 Å². The van der Waals surface area contributed by atoms with Gasteiger partial charge in [-0.15, -0.1) is 23.5 Å². The Bertz CT molecular complexity index is 107. The third-order valence-corrected chi connectivity index (χ3v) is 3.61. The monoisotopic (exact) mass is 160 g/mol. The molecule has 2 heteroatoms. The summed E-state index contributed by atoms with van der Waals surface area (Å²) in [6.45, 7) is 2.24. The van der Waals surface area contributed by atoms with Crippen LogP contribution in [0.25, 0.3) is 0 Å². The van der Waals surface area contributed by atoms with Crippen molar-refractivity contribution in [2.75, 3.05) is 5.08 Å². The zero-order valence-electron chi connectivity index (χ0n) is 5.72. The van der Waals surface area contributed by atoms with Crippen molar-refractivity contribution in [3.63, 3.8) is 0 Å². The van der Waals surface area contributed by atoms with Crippen LogP contribution < -0.4 is 0 Å². The van der Waals surface area contributed by atoms with E-state index in [9.17, 15) is 0 Å². The standard InChI is InChI=1S/C7H12S2/c1-2-3-4-7-5-8-6-9-7/h5H,2-4,6H2,1H3. The molecule has 0 spiro atoms. The van der Waals surface area contributed by atoms with Gasteiger partial charge in [0.05, 0.1) is 0 Å². The highest BCUT2D eigenvalue weighted by atomic mass is 32.2. The molecule has 0 fully saturated rings. The summed E-state index contributed by atoms with van der Waals surface area (Å²) in [6.07, 6.45) is 4.00. The van der Waals surface area contributed by atoms with E-state index in [2.05, 4.69) is 12.3 Å². The van der Waals surface area contributed by atoms with E-state index < -0.39 is 0 Å². The Morgan fingerprint density at radius 1 is 1.67 bits per heavy atom. The minimum Gasteiger partial charge on any atom is -0.122 e. The molecule has 0 bridgehead atoms. The first kappa shape index (κ1) is 7.55. The minimum absolute atomic E-state index is 1.25. The van der Waals surface area contributed by atoms with Gasteiger partial charge in [0.1, 0.15) is 0 Å². The molecule has 0 aliphatic carbocycles. The van der Waals surface area contributed by atoms with Gasteiger partial charge in [-0.2, -0.15) is 0 Å². The third-order valence-electron chi connectivity index (χ3n) is 1.30. The van der Waals surface area contributed by atoms with Crippen LogP contribution >= 0.6 is 23.5 Å². The zero-order valence-corrected chi connectivity index (χ0v) is 7.36. The quantitative estimate of drug-likeness (QED) is 0.620. The first-order chi connectivity index (χ1) is 4.43. The predicted octanol–water partition coefficient (Wildman–Crippen LogP) is 3.46. The zero-order chi connectivity index (χ0) is 6.53. The van der Waals surface area contributed by atoms with Crippen LogP contribution in [0.5, 0.6) is 0 Å². The van der Waals surface area contributed by atoms with Gasteiger partial charge in [-0.05, 0) is 23.2 Å². The molecule has 1 aliphatic heterocycles. The first-order valence-corrected chi connectivity index (χ1v) is 5.40. The fraction of sp³-hybridized carbons (Fsp3) is 0.714. The highest BCUT2D eigenvalue weighted by Gasteiger charge is 2.03. The van der Waals surface area contributed by atoms with Crippen LogP contribution in [0.4, 0.5) is 0 Å². The van der Waals surface area contributed by atoms with E-state index in [0.717, 1.165) is 0 Å². The van der Waals surface area contributed by atoms with Crippen LogP contribution in [-0.4, -0.2) is 5.08 Å². The Hall–Kier alpha value is 0.440. The summed E-state index contributed by atoms with van der Waals surface area (Å²) < 4.78 is 0. The second-order valence-electron chi connectivity index (χ2n) is 2.12. The summed E-state index contributed by atoms with van der Waals surface area (Å²) in [5.41, 5.74) is 0. The number of hydrogen-bond acceptors (Lipinski definition) is 2. The molecule has 0 atom stereocenters. The third kappa shape index (κ3) is 2.67. The number of thioether (sulfide) groups is 2. The lowest BCUT2D eigenvalue weighted by Crippen LogP contribution is -1.72. The van der Waals surface area contributed by atoms with Gasteiger partial charge in [0.15, 0.2) is 0 Å². The minimum atomic E-state index is 1.25. The Kier molecular flexibility index (Phi) is 3.59. The largest absolute Gasteiger partial charge is 0.122 e. The molecule has 0 aromatic carbocycles. The van der Waals surface area contributed by atoms with E-state index in [-0.39, 0.29) is 0 Å². The van der Waals surface area contributed by atoms with Crippen molar-refractivity contribution in [2.24, 2.45) is 0 Å². The SMILES string of the molecule is CCCCC1=CSCS1. The van der Waals surface area contributed by atoms with E-state index >= 15 is 0 Å². The van der Waals surface area contributed by atoms with Gasteiger partial charge in [0.25, 0.3) is 0 Å². The molecule has 1 heterocycles. The van der Waals surface area contributed by atoms with Crippen molar-refractivity contribution >= 4 is 23.5 Å². The molecule has 1 aliphatic rings. The molecule has 0 radical (unpaired) electrons. The van der Waals surface area contributed by atoms with Crippen LogP contribution in [0.15, 0.2) is 10.3 Å². The van der Waals surface area contributed by atoms with E-state index in [0.29, 0.717) is 0 Å². The lowest BCUT2D eigenvalue weighted by molar-refractivity contribution is 0.810. The van der Waals surface area contributed by atoms with Crippen molar-refractivity contribution in [1.29, 1.82) is 0 Å². The van der Waals surface area contributed by atoms with Crippen LogP contribution in [0, 0.1) is 0 Å². The Morgan fingerprint density at radius 2 is 2.56 bits per heavy atom. The van der Waals surface area contributed by atoms with Crippen LogP contribution in [0.2, 0.25) is 0 Å². The molecular formula is C7H12S2. The maximum Gasteiger partial charge on any atom is 0.0478 e. The maximum absolute atomic E-state index is 2.31. The summed E-state index contributed by atoms with van der Waals surface area (Å²) >= 11 is 3.94. The molecule has 0 nitrogen and oxygen atoms in total. The average Bonchev–Trinajstić information content (AvgIpc) is 2.34. The molecule has 0 unspecified atom stereocenters. The predicted molar refractivity (Wildman–Crippen MR) is 47.7 cm³/mol. The molecule has 52 valence electrons. The van der Waals surface area contributed by atoms with E-state index in [1.165, 1.54) is 24.3 Å². The highest BCUT2D eigenvalue weighted by Crippen LogP contribution is 2.34. The Morgan fingerprint density at radius 3 is 3.11 bits per heavy atom. The number of rotatable bonds is 3. The lowest BCUT2D eigenvalue weighted by Gasteiger charge is -1.95. The van der Waals surface area contributed by atoms with Gasteiger partial charge >= 0.3 is 0 Å². The van der Waals surface area contributed by atoms with Gasteiger partial charge in [0, 0.05) is 5.08 Å². The van der Waals surface area contributed by atoms with E-state index in [1.54, 1.807) is 4.91 Å². The molecule has 1 rings (SSSR count). The van der Waals surface area contributed by atoms with E-state index in [4.69, 9.17) is 0 Å². The van der Waals surface area contributed by atoms with Gasteiger partial charge < -0.3 is 0 Å². The van der Waals surface area contributed by atoms with Crippen LogP contribution in [-0.2, 0) is 0 Å². The normalized spacial score (nSPS) is 18.1. The number of allylic oxidation sites excluding steroid dienone is 1. The summed E-state index contributed by atoms with van der Waals surface area (Å²) in [4.78, 5) is 1.60. The van der Waals surface area contributed by atoms with Gasteiger partial charge in [-0.25, -0.2) is 0 Å².